The Hall–Kier alpha value is -1.90. The van der Waals surface area contributed by atoms with Crippen molar-refractivity contribution in [2.24, 2.45) is 0 Å². The van der Waals surface area contributed by atoms with E-state index in [0.29, 0.717) is 0 Å². The summed E-state index contributed by atoms with van der Waals surface area (Å²) in [5, 5.41) is 3.49. The highest BCUT2D eigenvalue weighted by atomic mass is 15.0. The third-order valence-corrected chi connectivity index (χ3v) is 3.08. The molecule has 94 valence electrons. The number of aryl methyl sites for hydroxylation is 3. The second-order valence-electron chi connectivity index (χ2n) is 4.71. The van der Waals surface area contributed by atoms with Gasteiger partial charge in [0, 0.05) is 18.1 Å². The average Bonchev–Trinajstić information content (AvgIpc) is 2.33. The van der Waals surface area contributed by atoms with Gasteiger partial charge in [-0.25, -0.2) is 0 Å². The Labute approximate surface area is 108 Å². The molecule has 2 aromatic rings. The van der Waals surface area contributed by atoms with E-state index in [4.69, 9.17) is 0 Å². The minimum Gasteiger partial charge on any atom is -0.377 e. The Morgan fingerprint density at radius 1 is 1.06 bits per heavy atom. The number of hydrogen-bond acceptors (Lipinski definition) is 3. The summed E-state index contributed by atoms with van der Waals surface area (Å²) in [6, 6.07) is 6.57. The fourth-order valence-corrected chi connectivity index (χ4v) is 2.12. The Bertz CT molecular complexity index is 549. The normalized spacial score (nSPS) is 12.2. The number of rotatable bonds is 3. The molecule has 1 heterocycles. The molecule has 0 radical (unpaired) electrons. The molecule has 1 unspecified atom stereocenters. The summed E-state index contributed by atoms with van der Waals surface area (Å²) in [6.45, 7) is 8.32. The SMILES string of the molecule is Cc1ccc(NC(C)c2nccnc2C)c(C)c1. The maximum Gasteiger partial charge on any atom is 0.0835 e. The van der Waals surface area contributed by atoms with Crippen molar-refractivity contribution in [3.8, 4) is 0 Å². The Kier molecular flexibility index (Phi) is 3.60. The van der Waals surface area contributed by atoms with Crippen LogP contribution in [0.15, 0.2) is 30.6 Å². The molecule has 0 aliphatic heterocycles. The van der Waals surface area contributed by atoms with E-state index in [1.54, 1.807) is 12.4 Å². The second kappa shape index (κ2) is 5.17. The van der Waals surface area contributed by atoms with E-state index in [-0.39, 0.29) is 6.04 Å². The predicted octanol–water partition coefficient (Wildman–Crippen LogP) is 3.57. The van der Waals surface area contributed by atoms with Crippen LogP contribution in [0.1, 0.15) is 35.5 Å². The van der Waals surface area contributed by atoms with Crippen molar-refractivity contribution >= 4 is 5.69 Å². The van der Waals surface area contributed by atoms with Crippen molar-refractivity contribution in [3.05, 3.63) is 53.1 Å². The summed E-state index contributed by atoms with van der Waals surface area (Å²) in [5.74, 6) is 0. The Morgan fingerprint density at radius 2 is 1.78 bits per heavy atom. The maximum absolute atomic E-state index is 4.40. The second-order valence-corrected chi connectivity index (χ2v) is 4.71. The zero-order valence-electron chi connectivity index (χ0n) is 11.4. The van der Waals surface area contributed by atoms with Crippen molar-refractivity contribution in [1.29, 1.82) is 0 Å². The molecular weight excluding hydrogens is 222 g/mol. The quantitative estimate of drug-likeness (QED) is 0.892. The molecule has 0 amide bonds. The third kappa shape index (κ3) is 2.67. The van der Waals surface area contributed by atoms with E-state index in [2.05, 4.69) is 54.3 Å². The van der Waals surface area contributed by atoms with Gasteiger partial charge in [-0.15, -0.1) is 0 Å². The molecule has 0 saturated carbocycles. The lowest BCUT2D eigenvalue weighted by atomic mass is 10.1. The van der Waals surface area contributed by atoms with Gasteiger partial charge in [0.15, 0.2) is 0 Å². The number of anilines is 1. The molecule has 0 spiro atoms. The number of nitrogens with zero attached hydrogens (tertiary/aromatic N) is 2. The van der Waals surface area contributed by atoms with Crippen LogP contribution in [0, 0.1) is 20.8 Å². The van der Waals surface area contributed by atoms with Gasteiger partial charge in [0.05, 0.1) is 17.4 Å². The largest absolute Gasteiger partial charge is 0.377 e. The molecule has 1 atom stereocenters. The lowest BCUT2D eigenvalue weighted by Crippen LogP contribution is -2.11. The van der Waals surface area contributed by atoms with Crippen LogP contribution in [0.3, 0.4) is 0 Å². The lowest BCUT2D eigenvalue weighted by molar-refractivity contribution is 0.809. The van der Waals surface area contributed by atoms with Gasteiger partial charge in [-0.2, -0.15) is 0 Å². The summed E-state index contributed by atoms with van der Waals surface area (Å²) in [4.78, 5) is 8.67. The molecule has 1 N–H and O–H groups in total. The molecule has 18 heavy (non-hydrogen) atoms. The summed E-state index contributed by atoms with van der Waals surface area (Å²) in [7, 11) is 0. The Morgan fingerprint density at radius 3 is 2.44 bits per heavy atom. The van der Waals surface area contributed by atoms with Crippen LogP contribution < -0.4 is 5.32 Å². The van der Waals surface area contributed by atoms with E-state index >= 15 is 0 Å². The Balaban J connectivity index is 2.21. The van der Waals surface area contributed by atoms with E-state index in [9.17, 15) is 0 Å². The topological polar surface area (TPSA) is 37.8 Å². The van der Waals surface area contributed by atoms with Gasteiger partial charge < -0.3 is 5.32 Å². The minimum atomic E-state index is 0.153. The number of hydrogen-bond donors (Lipinski definition) is 1. The van der Waals surface area contributed by atoms with Crippen molar-refractivity contribution in [2.75, 3.05) is 5.32 Å². The zero-order chi connectivity index (χ0) is 13.1. The molecule has 2 rings (SSSR count). The highest BCUT2D eigenvalue weighted by Gasteiger charge is 2.11. The van der Waals surface area contributed by atoms with Crippen molar-refractivity contribution < 1.29 is 0 Å². The first-order valence-corrected chi connectivity index (χ1v) is 6.19. The molecule has 1 aromatic heterocycles. The summed E-state index contributed by atoms with van der Waals surface area (Å²) >= 11 is 0. The van der Waals surface area contributed by atoms with Crippen LogP contribution in [-0.4, -0.2) is 9.97 Å². The highest BCUT2D eigenvalue weighted by molar-refractivity contribution is 5.53. The minimum absolute atomic E-state index is 0.153. The van der Waals surface area contributed by atoms with E-state index < -0.39 is 0 Å². The van der Waals surface area contributed by atoms with Gasteiger partial charge in [0.2, 0.25) is 0 Å². The molecule has 1 aromatic carbocycles. The van der Waals surface area contributed by atoms with Gasteiger partial charge in [-0.1, -0.05) is 17.7 Å². The van der Waals surface area contributed by atoms with Gasteiger partial charge in [0.25, 0.3) is 0 Å². The lowest BCUT2D eigenvalue weighted by Gasteiger charge is -2.18. The molecule has 3 nitrogen and oxygen atoms in total. The van der Waals surface area contributed by atoms with Gasteiger partial charge >= 0.3 is 0 Å². The predicted molar refractivity (Wildman–Crippen MR) is 74.7 cm³/mol. The van der Waals surface area contributed by atoms with E-state index in [1.807, 2.05) is 6.92 Å². The number of aromatic nitrogens is 2. The van der Waals surface area contributed by atoms with Gasteiger partial charge in [0.1, 0.15) is 0 Å². The van der Waals surface area contributed by atoms with Crippen LogP contribution in [0.2, 0.25) is 0 Å². The third-order valence-electron chi connectivity index (χ3n) is 3.08. The molecule has 0 saturated heterocycles. The summed E-state index contributed by atoms with van der Waals surface area (Å²) in [6.07, 6.45) is 3.46. The monoisotopic (exact) mass is 241 g/mol. The van der Waals surface area contributed by atoms with Crippen LogP contribution in [0.5, 0.6) is 0 Å². The van der Waals surface area contributed by atoms with Crippen LogP contribution in [0.25, 0.3) is 0 Å². The fraction of sp³-hybridized carbons (Fsp3) is 0.333. The fourth-order valence-electron chi connectivity index (χ4n) is 2.12. The van der Waals surface area contributed by atoms with Crippen LogP contribution >= 0.6 is 0 Å². The summed E-state index contributed by atoms with van der Waals surface area (Å²) in [5.41, 5.74) is 5.66. The smallest absolute Gasteiger partial charge is 0.0835 e. The van der Waals surface area contributed by atoms with E-state index in [0.717, 1.165) is 17.1 Å². The van der Waals surface area contributed by atoms with Gasteiger partial charge in [-0.05, 0) is 39.3 Å². The molecule has 0 bridgehead atoms. The zero-order valence-corrected chi connectivity index (χ0v) is 11.4. The highest BCUT2D eigenvalue weighted by Crippen LogP contribution is 2.22. The first-order chi connectivity index (χ1) is 8.58. The van der Waals surface area contributed by atoms with Crippen LogP contribution in [0.4, 0.5) is 5.69 Å². The van der Waals surface area contributed by atoms with Crippen molar-refractivity contribution in [3.63, 3.8) is 0 Å². The molecule has 0 aliphatic carbocycles. The number of nitrogens with one attached hydrogen (secondary N) is 1. The molecule has 0 aliphatic rings. The first-order valence-electron chi connectivity index (χ1n) is 6.19. The molecule has 0 fully saturated rings. The molecular formula is C15H19N3. The van der Waals surface area contributed by atoms with E-state index in [1.165, 1.54) is 11.1 Å². The van der Waals surface area contributed by atoms with Crippen molar-refractivity contribution in [1.82, 2.24) is 9.97 Å². The number of benzene rings is 1. The maximum atomic E-state index is 4.40. The summed E-state index contributed by atoms with van der Waals surface area (Å²) < 4.78 is 0. The van der Waals surface area contributed by atoms with Crippen LogP contribution in [-0.2, 0) is 0 Å². The average molecular weight is 241 g/mol. The first kappa shape index (κ1) is 12.6. The molecule has 3 heteroatoms. The standard InChI is InChI=1S/C15H19N3/c1-10-5-6-14(11(2)9-10)18-13(4)15-12(3)16-7-8-17-15/h5-9,13,18H,1-4H3. The van der Waals surface area contributed by atoms with Gasteiger partial charge in [-0.3, -0.25) is 9.97 Å². The van der Waals surface area contributed by atoms with Crippen molar-refractivity contribution in [2.45, 2.75) is 33.7 Å².